The van der Waals surface area contributed by atoms with Gasteiger partial charge < -0.3 is 5.73 Å². The number of aromatic nitrogens is 2. The van der Waals surface area contributed by atoms with Gasteiger partial charge in [-0.1, -0.05) is 45.2 Å². The average molecular weight is 303 g/mol. The van der Waals surface area contributed by atoms with E-state index in [1.807, 2.05) is 6.07 Å². The lowest BCUT2D eigenvalue weighted by Crippen LogP contribution is -2.32. The van der Waals surface area contributed by atoms with Gasteiger partial charge in [0.25, 0.3) is 0 Å². The Morgan fingerprint density at radius 1 is 1.27 bits per heavy atom. The lowest BCUT2D eigenvalue weighted by atomic mass is 9.90. The smallest absolute Gasteiger partial charge is 0.337 e. The topological polar surface area (TPSA) is 70.0 Å². The van der Waals surface area contributed by atoms with Gasteiger partial charge in [-0.05, 0) is 30.4 Å². The fourth-order valence-corrected chi connectivity index (χ4v) is 3.21. The van der Waals surface area contributed by atoms with Gasteiger partial charge >= 0.3 is 11.7 Å². The molecule has 1 heterocycles. The van der Waals surface area contributed by atoms with E-state index in [0.29, 0.717) is 11.4 Å². The zero-order valence-electron chi connectivity index (χ0n) is 13.6. The molecule has 0 fully saturated rings. The summed E-state index contributed by atoms with van der Waals surface area (Å²) in [4.78, 5) is 23.9. The zero-order chi connectivity index (χ0) is 16.3. The SMILES string of the molecule is CCCCCC(CC)c1cccc2c1n(C)c(=O)n2C(N)=O. The van der Waals surface area contributed by atoms with E-state index in [1.165, 1.54) is 23.8 Å². The third-order valence-corrected chi connectivity index (χ3v) is 4.41. The maximum atomic E-state index is 12.3. The summed E-state index contributed by atoms with van der Waals surface area (Å²) in [5.74, 6) is 0.393. The van der Waals surface area contributed by atoms with Crippen LogP contribution in [0.25, 0.3) is 11.0 Å². The van der Waals surface area contributed by atoms with Crippen LogP contribution in [-0.4, -0.2) is 15.2 Å². The fourth-order valence-electron chi connectivity index (χ4n) is 3.21. The lowest BCUT2D eigenvalue weighted by molar-refractivity contribution is 0.250. The van der Waals surface area contributed by atoms with Gasteiger partial charge in [0.05, 0.1) is 11.0 Å². The number of nitrogens with two attached hydrogens (primary N) is 1. The van der Waals surface area contributed by atoms with Crippen LogP contribution in [0.2, 0.25) is 0 Å². The molecule has 2 aromatic rings. The summed E-state index contributed by atoms with van der Waals surface area (Å²) < 4.78 is 2.59. The monoisotopic (exact) mass is 303 g/mol. The predicted octanol–water partition coefficient (Wildman–Crippen LogP) is 3.34. The fraction of sp³-hybridized carbons (Fsp3) is 0.529. The third kappa shape index (κ3) is 2.80. The highest BCUT2D eigenvalue weighted by Gasteiger charge is 2.20. The Kier molecular flexibility index (Phi) is 5.06. The first-order chi connectivity index (χ1) is 10.5. The maximum absolute atomic E-state index is 12.3. The summed E-state index contributed by atoms with van der Waals surface area (Å²) in [6.45, 7) is 4.36. The van der Waals surface area contributed by atoms with Crippen LogP contribution in [0, 0.1) is 0 Å². The van der Waals surface area contributed by atoms with Gasteiger partial charge in [0.2, 0.25) is 0 Å². The molecule has 120 valence electrons. The van der Waals surface area contributed by atoms with Crippen molar-refractivity contribution in [2.24, 2.45) is 12.8 Å². The van der Waals surface area contributed by atoms with E-state index >= 15 is 0 Å². The van der Waals surface area contributed by atoms with Gasteiger partial charge in [0.1, 0.15) is 0 Å². The lowest BCUT2D eigenvalue weighted by Gasteiger charge is -2.17. The van der Waals surface area contributed by atoms with Crippen LogP contribution in [0.4, 0.5) is 4.79 Å². The molecular formula is C17H25N3O2. The largest absolute Gasteiger partial charge is 0.351 e. The number of benzene rings is 1. The average Bonchev–Trinajstić information content (AvgIpc) is 2.76. The van der Waals surface area contributed by atoms with Gasteiger partial charge in [-0.3, -0.25) is 4.57 Å². The Labute approximate surface area is 130 Å². The summed E-state index contributed by atoms with van der Waals surface area (Å²) in [7, 11) is 1.70. The number of amides is 1. The second kappa shape index (κ2) is 6.81. The molecule has 0 aliphatic rings. The van der Waals surface area contributed by atoms with E-state index in [2.05, 4.69) is 19.9 Å². The van der Waals surface area contributed by atoms with Gasteiger partial charge in [0.15, 0.2) is 0 Å². The van der Waals surface area contributed by atoms with Crippen molar-refractivity contribution >= 4 is 17.1 Å². The van der Waals surface area contributed by atoms with Crippen molar-refractivity contribution in [1.29, 1.82) is 0 Å². The molecule has 1 aromatic heterocycles. The molecule has 0 radical (unpaired) electrons. The Hall–Kier alpha value is -2.04. The first-order valence-corrected chi connectivity index (χ1v) is 8.03. The number of carbonyl (C=O) groups is 1. The Morgan fingerprint density at radius 2 is 2.00 bits per heavy atom. The molecule has 0 saturated heterocycles. The molecule has 22 heavy (non-hydrogen) atoms. The van der Waals surface area contributed by atoms with Gasteiger partial charge in [-0.15, -0.1) is 0 Å². The molecule has 1 atom stereocenters. The summed E-state index contributed by atoms with van der Waals surface area (Å²) in [5, 5.41) is 0. The van der Waals surface area contributed by atoms with Crippen molar-refractivity contribution in [2.75, 3.05) is 0 Å². The van der Waals surface area contributed by atoms with E-state index in [9.17, 15) is 9.59 Å². The van der Waals surface area contributed by atoms with Crippen LogP contribution >= 0.6 is 0 Å². The number of nitrogens with zero attached hydrogens (tertiary/aromatic N) is 2. The maximum Gasteiger partial charge on any atom is 0.337 e. The molecule has 0 aliphatic carbocycles. The van der Waals surface area contributed by atoms with Gasteiger partial charge in [-0.2, -0.15) is 0 Å². The van der Waals surface area contributed by atoms with Crippen molar-refractivity contribution in [3.05, 3.63) is 34.2 Å². The molecule has 0 bridgehead atoms. The van der Waals surface area contributed by atoms with E-state index in [1.54, 1.807) is 13.1 Å². The number of aryl methyl sites for hydroxylation is 1. The van der Waals surface area contributed by atoms with Crippen LogP contribution in [0.15, 0.2) is 23.0 Å². The summed E-state index contributed by atoms with van der Waals surface area (Å²) >= 11 is 0. The molecule has 5 heteroatoms. The van der Waals surface area contributed by atoms with E-state index in [0.717, 1.165) is 28.5 Å². The first kappa shape index (κ1) is 16.3. The number of hydrogen-bond donors (Lipinski definition) is 1. The molecule has 1 aromatic carbocycles. The van der Waals surface area contributed by atoms with E-state index in [-0.39, 0.29) is 5.69 Å². The minimum atomic E-state index is -0.730. The van der Waals surface area contributed by atoms with Crippen LogP contribution in [0.3, 0.4) is 0 Å². The molecular weight excluding hydrogens is 278 g/mol. The number of para-hydroxylation sites is 1. The van der Waals surface area contributed by atoms with Crippen LogP contribution in [-0.2, 0) is 7.05 Å². The minimum Gasteiger partial charge on any atom is -0.351 e. The van der Waals surface area contributed by atoms with Crippen molar-refractivity contribution in [3.8, 4) is 0 Å². The van der Waals surface area contributed by atoms with Crippen molar-refractivity contribution in [3.63, 3.8) is 0 Å². The van der Waals surface area contributed by atoms with Crippen molar-refractivity contribution in [2.45, 2.75) is 51.9 Å². The summed E-state index contributed by atoms with van der Waals surface area (Å²) in [5.41, 5.74) is 7.55. The standard InChI is InChI=1S/C17H25N3O2/c1-4-6-7-9-12(5-2)13-10-8-11-14-15(13)19(3)17(22)20(14)16(18)21/h8,10-12H,4-7,9H2,1-3H3,(H2,18,21). The molecule has 5 nitrogen and oxygen atoms in total. The zero-order valence-corrected chi connectivity index (χ0v) is 13.6. The first-order valence-electron chi connectivity index (χ1n) is 8.03. The Morgan fingerprint density at radius 3 is 2.59 bits per heavy atom. The van der Waals surface area contributed by atoms with Crippen LogP contribution in [0.1, 0.15) is 57.4 Å². The minimum absolute atomic E-state index is 0.377. The number of fused-ring (bicyclic) bond motifs is 1. The highest BCUT2D eigenvalue weighted by molar-refractivity contribution is 5.90. The van der Waals surface area contributed by atoms with Crippen molar-refractivity contribution in [1.82, 2.24) is 9.13 Å². The van der Waals surface area contributed by atoms with Crippen molar-refractivity contribution < 1.29 is 4.79 Å². The molecule has 0 spiro atoms. The number of hydrogen-bond acceptors (Lipinski definition) is 2. The molecule has 1 unspecified atom stereocenters. The number of primary amides is 1. The highest BCUT2D eigenvalue weighted by Crippen LogP contribution is 2.31. The van der Waals surface area contributed by atoms with Crippen LogP contribution in [0.5, 0.6) is 0 Å². The number of carbonyl (C=O) groups excluding carboxylic acids is 1. The van der Waals surface area contributed by atoms with Crippen LogP contribution < -0.4 is 11.4 Å². The molecule has 0 saturated carbocycles. The second-order valence-electron chi connectivity index (χ2n) is 5.83. The third-order valence-electron chi connectivity index (χ3n) is 4.41. The number of unbranched alkanes of at least 4 members (excludes halogenated alkanes) is 2. The number of imidazole rings is 1. The van der Waals surface area contributed by atoms with Gasteiger partial charge in [0, 0.05) is 7.05 Å². The highest BCUT2D eigenvalue weighted by atomic mass is 16.2. The van der Waals surface area contributed by atoms with E-state index < -0.39 is 6.03 Å². The summed E-state index contributed by atoms with van der Waals surface area (Å²) in [6, 6.07) is 5.02. The molecule has 2 rings (SSSR count). The second-order valence-corrected chi connectivity index (χ2v) is 5.83. The molecule has 1 amide bonds. The Balaban J connectivity index is 2.57. The Bertz CT molecular complexity index is 727. The molecule has 2 N–H and O–H groups in total. The molecule has 0 aliphatic heterocycles. The van der Waals surface area contributed by atoms with E-state index in [4.69, 9.17) is 5.73 Å². The normalized spacial score (nSPS) is 12.7. The summed E-state index contributed by atoms with van der Waals surface area (Å²) in [6.07, 6.45) is 5.69. The predicted molar refractivity (Wildman–Crippen MR) is 89.3 cm³/mol. The number of rotatable bonds is 6. The van der Waals surface area contributed by atoms with Gasteiger partial charge in [-0.25, -0.2) is 14.2 Å². The quantitative estimate of drug-likeness (QED) is 0.831.